The molecule has 2 rings (SSSR count). The standard InChI is InChI=1S/C17H18BrNO2/c1-3-21-16(20)17(2,13-9-11-14(18)12-10-13)19-15-7-5-4-6-8-15/h4-12,19H,3H2,1-2H3. The van der Waals surface area contributed by atoms with Crippen molar-refractivity contribution in [1.82, 2.24) is 0 Å². The smallest absolute Gasteiger partial charge is 0.336 e. The molecule has 0 radical (unpaired) electrons. The van der Waals surface area contributed by atoms with Gasteiger partial charge in [-0.2, -0.15) is 0 Å². The summed E-state index contributed by atoms with van der Waals surface area (Å²) in [6, 6.07) is 17.3. The third kappa shape index (κ3) is 3.64. The maximum Gasteiger partial charge on any atom is 0.336 e. The molecular weight excluding hydrogens is 330 g/mol. The molecule has 0 aromatic heterocycles. The van der Waals surface area contributed by atoms with Gasteiger partial charge in [0, 0.05) is 10.2 Å². The van der Waals surface area contributed by atoms with Crippen LogP contribution in [0.1, 0.15) is 19.4 Å². The van der Waals surface area contributed by atoms with Gasteiger partial charge < -0.3 is 10.1 Å². The summed E-state index contributed by atoms with van der Waals surface area (Å²) in [6.45, 7) is 3.99. The van der Waals surface area contributed by atoms with E-state index < -0.39 is 5.54 Å². The average Bonchev–Trinajstić information content (AvgIpc) is 2.49. The second-order valence-corrected chi connectivity index (χ2v) is 5.76. The quantitative estimate of drug-likeness (QED) is 0.817. The fraction of sp³-hybridized carbons (Fsp3) is 0.235. The highest BCUT2D eigenvalue weighted by molar-refractivity contribution is 9.10. The minimum absolute atomic E-state index is 0.295. The molecule has 2 aromatic rings. The van der Waals surface area contributed by atoms with Crippen LogP contribution in [0.2, 0.25) is 0 Å². The van der Waals surface area contributed by atoms with E-state index >= 15 is 0 Å². The summed E-state index contributed by atoms with van der Waals surface area (Å²) in [5.74, 6) is -0.295. The minimum atomic E-state index is -0.932. The van der Waals surface area contributed by atoms with Crippen LogP contribution in [0.4, 0.5) is 5.69 Å². The number of hydrogen-bond acceptors (Lipinski definition) is 3. The summed E-state index contributed by atoms with van der Waals surface area (Å²) in [5, 5.41) is 3.29. The number of carbonyl (C=O) groups excluding carboxylic acids is 1. The monoisotopic (exact) mass is 347 g/mol. The van der Waals surface area contributed by atoms with Crippen molar-refractivity contribution in [3.63, 3.8) is 0 Å². The van der Waals surface area contributed by atoms with Gasteiger partial charge in [0.15, 0.2) is 5.54 Å². The Hall–Kier alpha value is -1.81. The van der Waals surface area contributed by atoms with Gasteiger partial charge in [0.25, 0.3) is 0 Å². The summed E-state index contributed by atoms with van der Waals surface area (Å²) >= 11 is 3.41. The lowest BCUT2D eigenvalue weighted by molar-refractivity contribution is -0.148. The molecule has 3 nitrogen and oxygen atoms in total. The van der Waals surface area contributed by atoms with Crippen LogP contribution in [0, 0.1) is 0 Å². The Balaban J connectivity index is 2.38. The number of nitrogens with one attached hydrogen (secondary N) is 1. The third-order valence-electron chi connectivity index (χ3n) is 3.27. The molecule has 0 fully saturated rings. The van der Waals surface area contributed by atoms with Crippen LogP contribution in [0.25, 0.3) is 0 Å². The molecular formula is C17H18BrNO2. The summed E-state index contributed by atoms with van der Waals surface area (Å²) in [5.41, 5.74) is 0.793. The van der Waals surface area contributed by atoms with Gasteiger partial charge in [-0.25, -0.2) is 4.79 Å². The van der Waals surface area contributed by atoms with Crippen molar-refractivity contribution >= 4 is 27.6 Å². The Morgan fingerprint density at radius 3 is 2.33 bits per heavy atom. The number of esters is 1. The van der Waals surface area contributed by atoms with E-state index in [2.05, 4.69) is 21.2 Å². The van der Waals surface area contributed by atoms with Gasteiger partial charge in [0.2, 0.25) is 0 Å². The molecule has 0 saturated carbocycles. The number of carbonyl (C=O) groups is 1. The first-order valence-corrected chi connectivity index (χ1v) is 7.62. The van der Waals surface area contributed by atoms with Crippen LogP contribution >= 0.6 is 15.9 Å². The number of anilines is 1. The Bertz CT molecular complexity index is 598. The predicted octanol–water partition coefficient (Wildman–Crippen LogP) is 4.34. The lowest BCUT2D eigenvalue weighted by Gasteiger charge is -2.30. The largest absolute Gasteiger partial charge is 0.464 e. The summed E-state index contributed by atoms with van der Waals surface area (Å²) < 4.78 is 6.22. The van der Waals surface area contributed by atoms with Crippen LogP contribution in [-0.2, 0) is 15.1 Å². The van der Waals surface area contributed by atoms with Crippen molar-refractivity contribution in [2.75, 3.05) is 11.9 Å². The predicted molar refractivity (Wildman–Crippen MR) is 88.2 cm³/mol. The Kier molecular flexibility index (Phi) is 5.02. The van der Waals surface area contributed by atoms with Gasteiger partial charge in [-0.15, -0.1) is 0 Å². The van der Waals surface area contributed by atoms with E-state index in [4.69, 9.17) is 4.74 Å². The zero-order valence-corrected chi connectivity index (χ0v) is 13.7. The van der Waals surface area contributed by atoms with Crippen molar-refractivity contribution < 1.29 is 9.53 Å². The zero-order chi connectivity index (χ0) is 15.3. The first-order valence-electron chi connectivity index (χ1n) is 6.83. The van der Waals surface area contributed by atoms with Gasteiger partial charge in [-0.1, -0.05) is 46.3 Å². The topological polar surface area (TPSA) is 38.3 Å². The summed E-state index contributed by atoms with van der Waals surface area (Å²) in [7, 11) is 0. The molecule has 110 valence electrons. The highest BCUT2D eigenvalue weighted by Gasteiger charge is 2.36. The number of rotatable bonds is 5. The summed E-state index contributed by atoms with van der Waals surface area (Å²) in [6.07, 6.45) is 0. The fourth-order valence-electron chi connectivity index (χ4n) is 2.11. The van der Waals surface area contributed by atoms with Crippen LogP contribution in [0.5, 0.6) is 0 Å². The van der Waals surface area contributed by atoms with E-state index in [1.165, 1.54) is 0 Å². The van der Waals surface area contributed by atoms with Gasteiger partial charge >= 0.3 is 5.97 Å². The SMILES string of the molecule is CCOC(=O)C(C)(Nc1ccccc1)c1ccc(Br)cc1. The van der Waals surface area contributed by atoms with Crippen LogP contribution < -0.4 is 5.32 Å². The lowest BCUT2D eigenvalue weighted by atomic mass is 9.91. The number of hydrogen-bond donors (Lipinski definition) is 1. The minimum Gasteiger partial charge on any atom is -0.464 e. The Labute approximate surface area is 133 Å². The fourth-order valence-corrected chi connectivity index (χ4v) is 2.37. The van der Waals surface area contributed by atoms with E-state index in [0.29, 0.717) is 6.61 Å². The van der Waals surface area contributed by atoms with E-state index in [9.17, 15) is 4.79 Å². The van der Waals surface area contributed by atoms with Gasteiger partial charge in [0.1, 0.15) is 0 Å². The molecule has 0 amide bonds. The molecule has 2 aromatic carbocycles. The van der Waals surface area contributed by atoms with E-state index in [1.54, 1.807) is 0 Å². The molecule has 0 bridgehead atoms. The molecule has 0 spiro atoms. The Morgan fingerprint density at radius 1 is 1.14 bits per heavy atom. The van der Waals surface area contributed by atoms with Gasteiger partial charge in [-0.05, 0) is 43.7 Å². The highest BCUT2D eigenvalue weighted by Crippen LogP contribution is 2.28. The highest BCUT2D eigenvalue weighted by atomic mass is 79.9. The van der Waals surface area contributed by atoms with Crippen molar-refractivity contribution in [3.05, 3.63) is 64.6 Å². The second kappa shape index (κ2) is 6.76. The molecule has 0 aliphatic carbocycles. The number of halogens is 1. The molecule has 0 aliphatic rings. The lowest BCUT2D eigenvalue weighted by Crippen LogP contribution is -2.42. The number of benzene rings is 2. The van der Waals surface area contributed by atoms with Gasteiger partial charge in [-0.3, -0.25) is 0 Å². The molecule has 0 heterocycles. The maximum absolute atomic E-state index is 12.5. The first-order chi connectivity index (χ1) is 10.1. The second-order valence-electron chi connectivity index (χ2n) is 4.84. The van der Waals surface area contributed by atoms with Crippen molar-refractivity contribution in [1.29, 1.82) is 0 Å². The molecule has 4 heteroatoms. The molecule has 0 saturated heterocycles. The van der Waals surface area contributed by atoms with Crippen LogP contribution in [0.3, 0.4) is 0 Å². The van der Waals surface area contributed by atoms with Crippen molar-refractivity contribution in [3.8, 4) is 0 Å². The number of ether oxygens (including phenoxy) is 1. The molecule has 21 heavy (non-hydrogen) atoms. The number of para-hydroxylation sites is 1. The van der Waals surface area contributed by atoms with Gasteiger partial charge in [0.05, 0.1) is 6.61 Å². The van der Waals surface area contributed by atoms with E-state index in [0.717, 1.165) is 15.7 Å². The Morgan fingerprint density at radius 2 is 1.76 bits per heavy atom. The van der Waals surface area contributed by atoms with E-state index in [1.807, 2.05) is 68.4 Å². The van der Waals surface area contributed by atoms with E-state index in [-0.39, 0.29) is 5.97 Å². The summed E-state index contributed by atoms with van der Waals surface area (Å²) in [4.78, 5) is 12.5. The van der Waals surface area contributed by atoms with Crippen molar-refractivity contribution in [2.24, 2.45) is 0 Å². The van der Waals surface area contributed by atoms with Crippen LogP contribution in [-0.4, -0.2) is 12.6 Å². The average molecular weight is 348 g/mol. The van der Waals surface area contributed by atoms with Crippen molar-refractivity contribution in [2.45, 2.75) is 19.4 Å². The normalized spacial score (nSPS) is 13.3. The maximum atomic E-state index is 12.5. The molecule has 1 N–H and O–H groups in total. The molecule has 1 unspecified atom stereocenters. The van der Waals surface area contributed by atoms with Crippen LogP contribution in [0.15, 0.2) is 59.1 Å². The first kappa shape index (κ1) is 15.6. The molecule has 0 aliphatic heterocycles. The zero-order valence-electron chi connectivity index (χ0n) is 12.1. The third-order valence-corrected chi connectivity index (χ3v) is 3.80. The molecule has 1 atom stereocenters.